The zero-order valence-electron chi connectivity index (χ0n) is 11.4. The molecule has 96 valence electrons. The Hall–Kier alpha value is -0.530. The van der Waals surface area contributed by atoms with Crippen LogP contribution in [-0.2, 0) is 6.42 Å². The molecule has 0 saturated heterocycles. The summed E-state index contributed by atoms with van der Waals surface area (Å²) in [7, 11) is 0. The van der Waals surface area contributed by atoms with E-state index >= 15 is 0 Å². The number of benzene rings is 1. The van der Waals surface area contributed by atoms with Crippen LogP contribution in [0.3, 0.4) is 0 Å². The number of halogens is 1. The maximum Gasteiger partial charge on any atom is 0.0408 e. The van der Waals surface area contributed by atoms with Gasteiger partial charge in [-0.25, -0.2) is 0 Å². The van der Waals surface area contributed by atoms with Crippen molar-refractivity contribution in [2.45, 2.75) is 46.6 Å². The fourth-order valence-corrected chi connectivity index (χ4v) is 2.00. The Morgan fingerprint density at radius 2 is 2.00 bits per heavy atom. The smallest absolute Gasteiger partial charge is 0.0408 e. The summed E-state index contributed by atoms with van der Waals surface area (Å²) in [5.41, 5.74) is 1.70. The highest BCUT2D eigenvalue weighted by atomic mass is 35.5. The Labute approximate surface area is 111 Å². The lowest BCUT2D eigenvalue weighted by molar-refractivity contribution is 0.356. The average Bonchev–Trinajstić information content (AvgIpc) is 2.15. The third-order valence-corrected chi connectivity index (χ3v) is 3.03. The van der Waals surface area contributed by atoms with E-state index in [4.69, 9.17) is 11.6 Å². The lowest BCUT2D eigenvalue weighted by Gasteiger charge is -2.20. The second-order valence-electron chi connectivity index (χ2n) is 6.00. The Kier molecular flexibility index (Phi) is 5.48. The summed E-state index contributed by atoms with van der Waals surface area (Å²) in [6, 6.07) is 8.61. The van der Waals surface area contributed by atoms with Crippen molar-refractivity contribution in [3.8, 4) is 0 Å². The summed E-state index contributed by atoms with van der Waals surface area (Å²) in [4.78, 5) is 0. The van der Waals surface area contributed by atoms with Crippen LogP contribution >= 0.6 is 11.6 Å². The molecular weight excluding hydrogens is 230 g/mol. The van der Waals surface area contributed by atoms with Gasteiger partial charge in [-0.1, -0.05) is 44.5 Å². The van der Waals surface area contributed by atoms with Crippen LogP contribution in [0.25, 0.3) is 0 Å². The van der Waals surface area contributed by atoms with Crippen molar-refractivity contribution >= 4 is 11.6 Å². The van der Waals surface area contributed by atoms with Crippen LogP contribution in [0.4, 0.5) is 0 Å². The number of rotatable bonds is 5. The first-order chi connectivity index (χ1) is 7.87. The Morgan fingerprint density at radius 3 is 2.59 bits per heavy atom. The quantitative estimate of drug-likeness (QED) is 0.825. The summed E-state index contributed by atoms with van der Waals surface area (Å²) >= 11 is 5.97. The fourth-order valence-electron chi connectivity index (χ4n) is 1.78. The van der Waals surface area contributed by atoms with Crippen molar-refractivity contribution in [2.75, 3.05) is 6.54 Å². The molecule has 0 aliphatic heterocycles. The molecular formula is C15H24ClN. The van der Waals surface area contributed by atoms with Crippen molar-refractivity contribution in [1.29, 1.82) is 0 Å². The molecule has 2 heteroatoms. The molecule has 17 heavy (non-hydrogen) atoms. The van der Waals surface area contributed by atoms with Gasteiger partial charge in [-0.05, 0) is 49.4 Å². The van der Waals surface area contributed by atoms with Gasteiger partial charge in [0.2, 0.25) is 0 Å². The zero-order chi connectivity index (χ0) is 12.9. The maximum absolute atomic E-state index is 5.97. The van der Waals surface area contributed by atoms with Crippen LogP contribution in [-0.4, -0.2) is 12.6 Å². The van der Waals surface area contributed by atoms with Crippen LogP contribution in [0.5, 0.6) is 0 Å². The monoisotopic (exact) mass is 253 g/mol. The Balaban J connectivity index is 2.32. The van der Waals surface area contributed by atoms with Gasteiger partial charge in [-0.15, -0.1) is 0 Å². The third-order valence-electron chi connectivity index (χ3n) is 2.80. The lowest BCUT2D eigenvalue weighted by atomic mass is 9.92. The molecule has 1 nitrogen and oxygen atoms in total. The summed E-state index contributed by atoms with van der Waals surface area (Å²) in [5.74, 6) is 0. The minimum absolute atomic E-state index is 0.406. The van der Waals surface area contributed by atoms with Gasteiger partial charge in [-0.2, -0.15) is 0 Å². The normalized spacial score (nSPS) is 13.7. The molecule has 1 aromatic carbocycles. The van der Waals surface area contributed by atoms with Crippen LogP contribution in [0.1, 0.15) is 39.7 Å². The molecule has 0 bridgehead atoms. The minimum atomic E-state index is 0.406. The maximum atomic E-state index is 5.97. The van der Waals surface area contributed by atoms with Crippen molar-refractivity contribution in [2.24, 2.45) is 5.41 Å². The van der Waals surface area contributed by atoms with Crippen LogP contribution < -0.4 is 5.32 Å². The molecule has 0 amide bonds. The predicted molar refractivity (Wildman–Crippen MR) is 76.7 cm³/mol. The highest BCUT2D eigenvalue weighted by Crippen LogP contribution is 2.17. The highest BCUT2D eigenvalue weighted by Gasteiger charge is 2.10. The van der Waals surface area contributed by atoms with Gasteiger partial charge >= 0.3 is 0 Å². The molecule has 0 aliphatic rings. The molecule has 0 aliphatic carbocycles. The second-order valence-corrected chi connectivity index (χ2v) is 6.44. The molecule has 0 spiro atoms. The van der Waals surface area contributed by atoms with Gasteiger partial charge in [0.15, 0.2) is 0 Å². The SMILES string of the molecule is CC(Cc1cccc(Cl)c1)NCCC(C)(C)C. The predicted octanol–water partition coefficient (Wildman–Crippen LogP) is 4.30. The molecule has 1 unspecified atom stereocenters. The van der Waals surface area contributed by atoms with Crippen molar-refractivity contribution < 1.29 is 0 Å². The second kappa shape index (κ2) is 6.42. The van der Waals surface area contributed by atoms with Gasteiger partial charge in [-0.3, -0.25) is 0 Å². The standard InChI is InChI=1S/C15H24ClN/c1-12(17-9-8-15(2,3)4)10-13-6-5-7-14(16)11-13/h5-7,11-12,17H,8-10H2,1-4H3. The first-order valence-electron chi connectivity index (χ1n) is 6.35. The highest BCUT2D eigenvalue weighted by molar-refractivity contribution is 6.30. The minimum Gasteiger partial charge on any atom is -0.314 e. The van der Waals surface area contributed by atoms with Gasteiger partial charge in [0, 0.05) is 11.1 Å². The van der Waals surface area contributed by atoms with Crippen LogP contribution in [0.15, 0.2) is 24.3 Å². The summed E-state index contributed by atoms with van der Waals surface area (Å²) in [5, 5.41) is 4.39. The molecule has 1 atom stereocenters. The number of hydrogen-bond acceptors (Lipinski definition) is 1. The van der Waals surface area contributed by atoms with Crippen molar-refractivity contribution in [3.63, 3.8) is 0 Å². The van der Waals surface area contributed by atoms with E-state index in [1.807, 2.05) is 18.2 Å². The molecule has 0 aromatic heterocycles. The summed E-state index contributed by atoms with van der Waals surface area (Å²) in [6.07, 6.45) is 2.23. The van der Waals surface area contributed by atoms with E-state index in [2.05, 4.69) is 39.1 Å². The summed E-state index contributed by atoms with van der Waals surface area (Å²) in [6.45, 7) is 10.1. The molecule has 0 fully saturated rings. The first-order valence-corrected chi connectivity index (χ1v) is 6.72. The topological polar surface area (TPSA) is 12.0 Å². The molecule has 1 rings (SSSR count). The molecule has 0 radical (unpaired) electrons. The number of hydrogen-bond donors (Lipinski definition) is 1. The molecule has 0 heterocycles. The Morgan fingerprint density at radius 1 is 1.29 bits per heavy atom. The lowest BCUT2D eigenvalue weighted by Crippen LogP contribution is -2.30. The first kappa shape index (κ1) is 14.5. The largest absolute Gasteiger partial charge is 0.314 e. The molecule has 0 saturated carbocycles. The van der Waals surface area contributed by atoms with E-state index < -0.39 is 0 Å². The molecule has 1 aromatic rings. The fraction of sp³-hybridized carbons (Fsp3) is 0.600. The van der Waals surface area contributed by atoms with E-state index in [1.54, 1.807) is 0 Å². The van der Waals surface area contributed by atoms with E-state index in [9.17, 15) is 0 Å². The van der Waals surface area contributed by atoms with Gasteiger partial charge in [0.25, 0.3) is 0 Å². The average molecular weight is 254 g/mol. The van der Waals surface area contributed by atoms with Crippen LogP contribution in [0.2, 0.25) is 5.02 Å². The van der Waals surface area contributed by atoms with E-state index in [-0.39, 0.29) is 0 Å². The van der Waals surface area contributed by atoms with E-state index in [1.165, 1.54) is 12.0 Å². The van der Waals surface area contributed by atoms with Crippen LogP contribution in [0, 0.1) is 5.41 Å². The number of nitrogens with one attached hydrogen (secondary N) is 1. The van der Waals surface area contributed by atoms with E-state index in [0.29, 0.717) is 11.5 Å². The van der Waals surface area contributed by atoms with Crippen molar-refractivity contribution in [1.82, 2.24) is 5.32 Å². The zero-order valence-corrected chi connectivity index (χ0v) is 12.1. The third kappa shape index (κ3) is 6.70. The van der Waals surface area contributed by atoms with Crippen molar-refractivity contribution in [3.05, 3.63) is 34.9 Å². The Bertz CT molecular complexity index is 341. The van der Waals surface area contributed by atoms with Gasteiger partial charge in [0.05, 0.1) is 0 Å². The summed E-state index contributed by atoms with van der Waals surface area (Å²) < 4.78 is 0. The van der Waals surface area contributed by atoms with Gasteiger partial charge < -0.3 is 5.32 Å². The van der Waals surface area contributed by atoms with Gasteiger partial charge in [0.1, 0.15) is 0 Å². The molecule has 1 N–H and O–H groups in total. The van der Waals surface area contributed by atoms with E-state index in [0.717, 1.165) is 18.0 Å².